The third-order valence-electron chi connectivity index (χ3n) is 2.91. The second-order valence-corrected chi connectivity index (χ2v) is 7.37. The maximum absolute atomic E-state index is 11.7. The minimum atomic E-state index is -0.355. The van der Waals surface area contributed by atoms with E-state index in [0.717, 1.165) is 23.9 Å². The maximum atomic E-state index is 11.7. The van der Waals surface area contributed by atoms with Gasteiger partial charge in [0.05, 0.1) is 5.01 Å². The summed E-state index contributed by atoms with van der Waals surface area (Å²) in [4.78, 5) is 21.4. The smallest absolute Gasteiger partial charge is 0.225 e. The van der Waals surface area contributed by atoms with Crippen LogP contribution in [0.2, 0.25) is 0 Å². The van der Waals surface area contributed by atoms with Crippen LogP contribution in [-0.2, 0) is 11.2 Å². The number of guanidine groups is 1. The Balaban J connectivity index is 2.19. The molecule has 0 aliphatic rings. The molecule has 1 aromatic rings. The summed E-state index contributed by atoms with van der Waals surface area (Å²) >= 11 is 1.72. The van der Waals surface area contributed by atoms with E-state index in [1.54, 1.807) is 18.4 Å². The number of hydrogen-bond acceptors (Lipinski definition) is 4. The predicted molar refractivity (Wildman–Crippen MR) is 92.4 cm³/mol. The molecule has 0 aromatic carbocycles. The highest BCUT2D eigenvalue weighted by Gasteiger charge is 2.20. The molecule has 6 nitrogen and oxygen atoms in total. The first kappa shape index (κ1) is 18.4. The third-order valence-corrected chi connectivity index (χ3v) is 3.88. The number of aromatic nitrogens is 1. The molecule has 124 valence electrons. The lowest BCUT2D eigenvalue weighted by Crippen LogP contribution is -2.43. The van der Waals surface area contributed by atoms with Crippen molar-refractivity contribution in [3.63, 3.8) is 0 Å². The summed E-state index contributed by atoms with van der Waals surface area (Å²) in [6, 6.07) is 0. The van der Waals surface area contributed by atoms with Crippen LogP contribution in [-0.4, -0.2) is 43.5 Å². The average Bonchev–Trinajstić information content (AvgIpc) is 2.85. The van der Waals surface area contributed by atoms with Gasteiger partial charge in [-0.3, -0.25) is 9.79 Å². The Morgan fingerprint density at radius 1 is 1.23 bits per heavy atom. The van der Waals surface area contributed by atoms with E-state index in [0.29, 0.717) is 13.1 Å². The fourth-order valence-corrected chi connectivity index (χ4v) is 2.43. The summed E-state index contributed by atoms with van der Waals surface area (Å²) in [5.74, 6) is 0.787. The second-order valence-electron chi connectivity index (χ2n) is 6.05. The Morgan fingerprint density at radius 3 is 2.41 bits per heavy atom. The molecular formula is C15H27N5OS. The monoisotopic (exact) mass is 325 g/mol. The number of thiazole rings is 1. The van der Waals surface area contributed by atoms with Crippen molar-refractivity contribution < 1.29 is 4.79 Å². The molecule has 0 radical (unpaired) electrons. The van der Waals surface area contributed by atoms with Crippen molar-refractivity contribution in [2.75, 3.05) is 26.7 Å². The standard InChI is InChI=1S/C15H27N5OS/c1-11-10-20-12(22-11)6-7-18-14(16-5)19-9-8-17-13(21)15(2,3)4/h10H,6-9H2,1-5H3,(H,17,21)(H2,16,18,19). The molecule has 1 amide bonds. The minimum Gasteiger partial charge on any atom is -0.356 e. The lowest BCUT2D eigenvalue weighted by atomic mass is 9.96. The summed E-state index contributed by atoms with van der Waals surface area (Å²) in [5.41, 5.74) is -0.355. The fraction of sp³-hybridized carbons (Fsp3) is 0.667. The number of aliphatic imine (C=N–C) groups is 1. The van der Waals surface area contributed by atoms with E-state index in [4.69, 9.17) is 0 Å². The molecule has 0 fully saturated rings. The van der Waals surface area contributed by atoms with Gasteiger partial charge in [-0.2, -0.15) is 0 Å². The number of hydrogen-bond donors (Lipinski definition) is 3. The third kappa shape index (κ3) is 6.89. The Bertz CT molecular complexity index is 504. The van der Waals surface area contributed by atoms with E-state index in [2.05, 4.69) is 32.9 Å². The van der Waals surface area contributed by atoms with Crippen molar-refractivity contribution in [3.05, 3.63) is 16.1 Å². The lowest BCUT2D eigenvalue weighted by Gasteiger charge is -2.18. The minimum absolute atomic E-state index is 0.0522. The van der Waals surface area contributed by atoms with Crippen molar-refractivity contribution in [3.8, 4) is 0 Å². The number of aryl methyl sites for hydroxylation is 1. The van der Waals surface area contributed by atoms with E-state index in [1.807, 2.05) is 27.0 Å². The number of carbonyl (C=O) groups excluding carboxylic acids is 1. The van der Waals surface area contributed by atoms with Crippen molar-refractivity contribution in [2.24, 2.45) is 10.4 Å². The molecule has 22 heavy (non-hydrogen) atoms. The number of amides is 1. The summed E-state index contributed by atoms with van der Waals surface area (Å²) in [6.07, 6.45) is 2.77. The molecular weight excluding hydrogens is 298 g/mol. The van der Waals surface area contributed by atoms with Crippen molar-refractivity contribution in [2.45, 2.75) is 34.1 Å². The molecule has 1 rings (SSSR count). The van der Waals surface area contributed by atoms with Gasteiger partial charge in [0.15, 0.2) is 5.96 Å². The highest BCUT2D eigenvalue weighted by Crippen LogP contribution is 2.12. The molecule has 0 aliphatic carbocycles. The molecule has 0 bridgehead atoms. The van der Waals surface area contributed by atoms with Crippen LogP contribution < -0.4 is 16.0 Å². The number of nitrogens with zero attached hydrogens (tertiary/aromatic N) is 2. The SMILES string of the molecule is CN=C(NCCNC(=O)C(C)(C)C)NCCc1ncc(C)s1. The van der Waals surface area contributed by atoms with Crippen molar-refractivity contribution in [1.82, 2.24) is 20.9 Å². The Hall–Kier alpha value is -1.63. The van der Waals surface area contributed by atoms with Crippen LogP contribution in [0, 0.1) is 12.3 Å². The van der Waals surface area contributed by atoms with Gasteiger partial charge >= 0.3 is 0 Å². The van der Waals surface area contributed by atoms with Crippen LogP contribution in [0.25, 0.3) is 0 Å². The molecule has 1 heterocycles. The van der Waals surface area contributed by atoms with Crippen LogP contribution in [0.3, 0.4) is 0 Å². The summed E-state index contributed by atoms with van der Waals surface area (Å²) in [5, 5.41) is 10.4. The highest BCUT2D eigenvalue weighted by atomic mass is 32.1. The summed E-state index contributed by atoms with van der Waals surface area (Å²) in [7, 11) is 1.73. The van der Waals surface area contributed by atoms with Crippen molar-refractivity contribution >= 4 is 23.2 Å². The second kappa shape index (κ2) is 8.73. The zero-order valence-corrected chi connectivity index (χ0v) is 14.9. The van der Waals surface area contributed by atoms with Gasteiger partial charge in [-0.15, -0.1) is 11.3 Å². The average molecular weight is 325 g/mol. The van der Waals surface area contributed by atoms with Gasteiger partial charge in [-0.1, -0.05) is 20.8 Å². The fourth-order valence-electron chi connectivity index (χ4n) is 1.65. The number of nitrogens with one attached hydrogen (secondary N) is 3. The lowest BCUT2D eigenvalue weighted by molar-refractivity contribution is -0.128. The predicted octanol–water partition coefficient (Wildman–Crippen LogP) is 1.32. The number of rotatable bonds is 6. The maximum Gasteiger partial charge on any atom is 0.225 e. The Labute approximate surface area is 136 Å². The zero-order chi connectivity index (χ0) is 16.6. The first-order chi connectivity index (χ1) is 10.3. The van der Waals surface area contributed by atoms with Crippen LogP contribution in [0.1, 0.15) is 30.7 Å². The molecule has 0 atom stereocenters. The van der Waals surface area contributed by atoms with Gasteiger partial charge in [-0.25, -0.2) is 4.98 Å². The first-order valence-corrected chi connectivity index (χ1v) is 8.28. The topological polar surface area (TPSA) is 78.4 Å². The Morgan fingerprint density at radius 2 is 1.86 bits per heavy atom. The van der Waals surface area contributed by atoms with Crippen molar-refractivity contribution in [1.29, 1.82) is 0 Å². The van der Waals surface area contributed by atoms with E-state index < -0.39 is 0 Å². The molecule has 0 saturated carbocycles. The molecule has 0 saturated heterocycles. The molecule has 0 spiro atoms. The molecule has 0 aliphatic heterocycles. The molecule has 1 aromatic heterocycles. The van der Waals surface area contributed by atoms with Gasteiger partial charge in [0.25, 0.3) is 0 Å². The van der Waals surface area contributed by atoms with Crippen LogP contribution in [0.4, 0.5) is 0 Å². The van der Waals surface area contributed by atoms with Gasteiger partial charge in [0, 0.05) is 49.6 Å². The van der Waals surface area contributed by atoms with E-state index in [-0.39, 0.29) is 11.3 Å². The van der Waals surface area contributed by atoms with E-state index in [1.165, 1.54) is 4.88 Å². The zero-order valence-electron chi connectivity index (χ0n) is 14.1. The molecule has 3 N–H and O–H groups in total. The van der Waals surface area contributed by atoms with Crippen LogP contribution in [0.15, 0.2) is 11.2 Å². The van der Waals surface area contributed by atoms with E-state index >= 15 is 0 Å². The van der Waals surface area contributed by atoms with Gasteiger partial charge in [-0.05, 0) is 6.92 Å². The highest BCUT2D eigenvalue weighted by molar-refractivity contribution is 7.11. The quantitative estimate of drug-likeness (QED) is 0.419. The molecule has 7 heteroatoms. The summed E-state index contributed by atoms with van der Waals surface area (Å²) in [6.45, 7) is 9.74. The van der Waals surface area contributed by atoms with Crippen LogP contribution in [0.5, 0.6) is 0 Å². The van der Waals surface area contributed by atoms with E-state index in [9.17, 15) is 4.79 Å². The van der Waals surface area contributed by atoms with Gasteiger partial charge in [0.1, 0.15) is 0 Å². The molecule has 0 unspecified atom stereocenters. The number of carbonyl (C=O) groups is 1. The normalized spacial score (nSPS) is 12.1. The Kier molecular flexibility index (Phi) is 7.31. The largest absolute Gasteiger partial charge is 0.356 e. The first-order valence-electron chi connectivity index (χ1n) is 7.47. The van der Waals surface area contributed by atoms with Gasteiger partial charge < -0.3 is 16.0 Å². The van der Waals surface area contributed by atoms with Crippen LogP contribution >= 0.6 is 11.3 Å². The van der Waals surface area contributed by atoms with Gasteiger partial charge in [0.2, 0.25) is 5.91 Å². The summed E-state index contributed by atoms with van der Waals surface area (Å²) < 4.78 is 0.